The fourth-order valence-electron chi connectivity index (χ4n) is 4.01. The Balaban J connectivity index is 0.00000272. The van der Waals surface area contributed by atoms with E-state index in [0.29, 0.717) is 0 Å². The Kier molecular flexibility index (Phi) is 8.09. The molecule has 2 aromatic heterocycles. The third-order valence-corrected chi connectivity index (χ3v) is 5.86. The summed E-state index contributed by atoms with van der Waals surface area (Å²) in [5, 5.41) is 6.16. The Morgan fingerprint density at radius 1 is 0.968 bits per heavy atom. The van der Waals surface area contributed by atoms with Crippen LogP contribution < -0.4 is 33.9 Å². The van der Waals surface area contributed by atoms with Crippen molar-refractivity contribution in [2.24, 2.45) is 7.05 Å². The van der Waals surface area contributed by atoms with Crippen LogP contribution in [0.25, 0.3) is 34.0 Å². The fourth-order valence-corrected chi connectivity index (χ4v) is 4.01. The Hall–Kier alpha value is -2.38. The number of aryl methyl sites for hydroxylation is 1. The number of fused-ring (bicyclic) bond motifs is 2. The van der Waals surface area contributed by atoms with Crippen LogP contribution in [0.4, 0.5) is 5.69 Å². The molecule has 2 aromatic carbocycles. The molecule has 4 rings (SSSR count). The minimum Gasteiger partial charge on any atom is -1.00 e. The Labute approximate surface area is 202 Å². The molecule has 5 heteroatoms. The maximum atomic E-state index is 3.68. The minimum absolute atomic E-state index is 0. The summed E-state index contributed by atoms with van der Waals surface area (Å²) >= 11 is 0. The van der Waals surface area contributed by atoms with E-state index < -0.39 is 0 Å². The minimum atomic E-state index is 0. The number of hydrogen-bond acceptors (Lipinski definition) is 2. The summed E-state index contributed by atoms with van der Waals surface area (Å²) in [7, 11) is 2.13. The molecular formula is C26H31IN4. The molecule has 0 fully saturated rings. The third-order valence-electron chi connectivity index (χ3n) is 5.86. The van der Waals surface area contributed by atoms with Gasteiger partial charge >= 0.3 is 0 Å². The second-order valence-electron chi connectivity index (χ2n) is 7.66. The molecule has 4 nitrogen and oxygen atoms in total. The molecule has 0 aliphatic rings. The van der Waals surface area contributed by atoms with Gasteiger partial charge in [-0.3, -0.25) is 0 Å². The van der Waals surface area contributed by atoms with Gasteiger partial charge in [0, 0.05) is 42.5 Å². The zero-order valence-corrected chi connectivity index (χ0v) is 20.7. The summed E-state index contributed by atoms with van der Waals surface area (Å²) in [6.07, 6.45) is 4.34. The number of aromatic nitrogens is 2. The Bertz CT molecular complexity index is 1140. The molecule has 0 saturated heterocycles. The zero-order valence-electron chi connectivity index (χ0n) is 18.5. The summed E-state index contributed by atoms with van der Waals surface area (Å²) in [6.45, 7) is 8.58. The van der Waals surface area contributed by atoms with E-state index in [-0.39, 0.29) is 24.0 Å². The number of para-hydroxylation sites is 2. The number of H-pyrrole nitrogens is 1. The van der Waals surface area contributed by atoms with E-state index in [2.05, 4.69) is 113 Å². The number of aromatic amines is 1. The Morgan fingerprint density at radius 3 is 2.48 bits per heavy atom. The van der Waals surface area contributed by atoms with Gasteiger partial charge in [0.1, 0.15) is 7.05 Å². The van der Waals surface area contributed by atoms with Crippen LogP contribution in [0.2, 0.25) is 0 Å². The molecular weight excluding hydrogens is 495 g/mol. The van der Waals surface area contributed by atoms with Crippen LogP contribution in [0.1, 0.15) is 25.2 Å². The lowest BCUT2D eigenvalue weighted by Crippen LogP contribution is -3.00. The number of nitrogens with one attached hydrogen (secondary N) is 2. The van der Waals surface area contributed by atoms with Gasteiger partial charge in [-0.2, -0.15) is 4.57 Å². The van der Waals surface area contributed by atoms with E-state index in [1.54, 1.807) is 0 Å². The number of hydrogen-bond donors (Lipinski definition) is 2. The molecule has 2 N–H and O–H groups in total. The van der Waals surface area contributed by atoms with Crippen molar-refractivity contribution in [1.29, 1.82) is 0 Å². The maximum absolute atomic E-state index is 3.68. The van der Waals surface area contributed by atoms with Crippen LogP contribution in [0.15, 0.2) is 60.7 Å². The number of anilines is 1. The SMILES string of the molecule is CCN(CC)CCNc1cc(/C=C/c2cc3ccccc3[nH]2)[n+](C)c2ccccc12.[I-]. The van der Waals surface area contributed by atoms with Gasteiger partial charge in [-0.05, 0) is 42.8 Å². The van der Waals surface area contributed by atoms with Crippen molar-refractivity contribution in [3.05, 3.63) is 72.1 Å². The fraction of sp³-hybridized carbons (Fsp3) is 0.269. The highest BCUT2D eigenvalue weighted by molar-refractivity contribution is 5.90. The number of likely N-dealkylation sites (N-methyl/N-ethyl adjacent to an activating group) is 1. The summed E-state index contributed by atoms with van der Waals surface area (Å²) in [6, 6.07) is 21.4. The second kappa shape index (κ2) is 10.8. The normalized spacial score (nSPS) is 11.5. The van der Waals surface area contributed by atoms with Gasteiger partial charge < -0.3 is 39.2 Å². The molecule has 162 valence electrons. The summed E-state index contributed by atoms with van der Waals surface area (Å²) in [4.78, 5) is 5.92. The predicted octanol–water partition coefficient (Wildman–Crippen LogP) is 2.07. The molecule has 0 unspecified atom stereocenters. The number of pyridine rings is 1. The topological polar surface area (TPSA) is 34.9 Å². The van der Waals surface area contributed by atoms with Gasteiger partial charge in [-0.15, -0.1) is 0 Å². The standard InChI is InChI=1S/C26H30N4.HI/c1-4-30(5-2)17-16-27-25-19-22(29(3)26-13-9-7-11-23(25)26)15-14-21-18-20-10-6-8-12-24(20)28-21;/h6-15,18-19H,4-5,16-17H2,1-3H3,(H,27,28);1H. The highest BCUT2D eigenvalue weighted by Gasteiger charge is 2.14. The van der Waals surface area contributed by atoms with Crippen molar-refractivity contribution in [1.82, 2.24) is 9.88 Å². The van der Waals surface area contributed by atoms with Gasteiger partial charge in [0.25, 0.3) is 0 Å². The predicted molar refractivity (Wildman–Crippen MR) is 129 cm³/mol. The number of halogens is 1. The lowest BCUT2D eigenvalue weighted by molar-refractivity contribution is -0.646. The van der Waals surface area contributed by atoms with E-state index in [0.717, 1.165) is 37.6 Å². The van der Waals surface area contributed by atoms with E-state index in [1.807, 2.05) is 0 Å². The number of nitrogens with zero attached hydrogens (tertiary/aromatic N) is 2. The summed E-state index contributed by atoms with van der Waals surface area (Å²) < 4.78 is 2.25. The van der Waals surface area contributed by atoms with Crippen molar-refractivity contribution in [2.45, 2.75) is 13.8 Å². The molecule has 0 bridgehead atoms. The van der Waals surface area contributed by atoms with Gasteiger partial charge in [-0.25, -0.2) is 0 Å². The molecule has 0 aliphatic heterocycles. The smallest absolute Gasteiger partial charge is 0.214 e. The zero-order chi connectivity index (χ0) is 20.9. The lowest BCUT2D eigenvalue weighted by atomic mass is 10.1. The molecule has 0 amide bonds. The molecule has 0 atom stereocenters. The first-order valence-corrected chi connectivity index (χ1v) is 10.8. The molecule has 0 aliphatic carbocycles. The van der Waals surface area contributed by atoms with Crippen LogP contribution in [0, 0.1) is 0 Å². The van der Waals surface area contributed by atoms with Crippen LogP contribution in [0.3, 0.4) is 0 Å². The van der Waals surface area contributed by atoms with Crippen LogP contribution in [0.5, 0.6) is 0 Å². The van der Waals surface area contributed by atoms with Crippen LogP contribution >= 0.6 is 0 Å². The quantitative estimate of drug-likeness (QED) is 0.273. The molecule has 2 heterocycles. The van der Waals surface area contributed by atoms with Crippen molar-refractivity contribution in [3.8, 4) is 0 Å². The van der Waals surface area contributed by atoms with Gasteiger partial charge in [0.2, 0.25) is 11.2 Å². The van der Waals surface area contributed by atoms with E-state index >= 15 is 0 Å². The van der Waals surface area contributed by atoms with Gasteiger partial charge in [0.05, 0.1) is 11.1 Å². The maximum Gasteiger partial charge on any atom is 0.214 e. The van der Waals surface area contributed by atoms with Crippen molar-refractivity contribution < 1.29 is 28.5 Å². The first-order chi connectivity index (χ1) is 14.7. The van der Waals surface area contributed by atoms with Gasteiger partial charge in [-0.1, -0.05) is 44.2 Å². The van der Waals surface area contributed by atoms with Crippen LogP contribution in [-0.4, -0.2) is 36.1 Å². The van der Waals surface area contributed by atoms with Crippen LogP contribution in [-0.2, 0) is 7.05 Å². The van der Waals surface area contributed by atoms with E-state index in [4.69, 9.17) is 0 Å². The first kappa shape index (κ1) is 23.3. The molecule has 4 aromatic rings. The monoisotopic (exact) mass is 526 g/mol. The summed E-state index contributed by atoms with van der Waals surface area (Å²) in [5.74, 6) is 0. The molecule has 0 spiro atoms. The molecule has 31 heavy (non-hydrogen) atoms. The Morgan fingerprint density at radius 2 is 1.71 bits per heavy atom. The number of benzene rings is 2. The third kappa shape index (κ3) is 5.28. The van der Waals surface area contributed by atoms with Crippen molar-refractivity contribution in [3.63, 3.8) is 0 Å². The first-order valence-electron chi connectivity index (χ1n) is 10.8. The van der Waals surface area contributed by atoms with E-state index in [1.165, 1.54) is 27.5 Å². The largest absolute Gasteiger partial charge is 1.00 e. The average Bonchev–Trinajstić information content (AvgIpc) is 3.20. The lowest BCUT2D eigenvalue weighted by Gasteiger charge is -2.19. The second-order valence-corrected chi connectivity index (χ2v) is 7.66. The van der Waals surface area contributed by atoms with Crippen molar-refractivity contribution >= 4 is 39.6 Å². The number of rotatable bonds is 8. The molecule has 0 radical (unpaired) electrons. The highest BCUT2D eigenvalue weighted by Crippen LogP contribution is 2.23. The van der Waals surface area contributed by atoms with Gasteiger partial charge in [0.15, 0.2) is 0 Å². The van der Waals surface area contributed by atoms with Crippen molar-refractivity contribution in [2.75, 3.05) is 31.5 Å². The summed E-state index contributed by atoms with van der Waals surface area (Å²) in [5.41, 5.74) is 5.85. The van der Waals surface area contributed by atoms with E-state index in [9.17, 15) is 0 Å². The average molecular weight is 526 g/mol. The highest BCUT2D eigenvalue weighted by atomic mass is 127. The molecule has 0 saturated carbocycles.